The molecule has 0 aliphatic heterocycles. The zero-order valence-corrected chi connectivity index (χ0v) is 9.93. The van der Waals surface area contributed by atoms with E-state index in [-0.39, 0.29) is 11.9 Å². The van der Waals surface area contributed by atoms with Crippen molar-refractivity contribution < 1.29 is 4.39 Å². The molecular formula is C13H14FNS. The van der Waals surface area contributed by atoms with Crippen LogP contribution in [0.25, 0.3) is 0 Å². The molecule has 1 nitrogen and oxygen atoms in total. The smallest absolute Gasteiger partial charge is 0.123 e. The van der Waals surface area contributed by atoms with Crippen molar-refractivity contribution in [1.82, 2.24) is 5.32 Å². The zero-order chi connectivity index (χ0) is 11.4. The van der Waals surface area contributed by atoms with Crippen molar-refractivity contribution >= 4 is 11.3 Å². The van der Waals surface area contributed by atoms with Crippen LogP contribution in [0.15, 0.2) is 41.8 Å². The highest BCUT2D eigenvalue weighted by molar-refractivity contribution is 7.09. The molecule has 1 N–H and O–H groups in total. The lowest BCUT2D eigenvalue weighted by atomic mass is 10.1. The van der Waals surface area contributed by atoms with Gasteiger partial charge in [0.2, 0.25) is 0 Å². The van der Waals surface area contributed by atoms with Crippen LogP contribution in [0.5, 0.6) is 0 Å². The number of nitrogens with one attached hydrogen (secondary N) is 1. The lowest BCUT2D eigenvalue weighted by Gasteiger charge is -2.13. The van der Waals surface area contributed by atoms with E-state index in [4.69, 9.17) is 0 Å². The van der Waals surface area contributed by atoms with E-state index < -0.39 is 0 Å². The Kier molecular flexibility index (Phi) is 3.70. The van der Waals surface area contributed by atoms with Gasteiger partial charge in [0, 0.05) is 17.5 Å². The minimum absolute atomic E-state index is 0.186. The predicted octanol–water partition coefficient (Wildman–Crippen LogP) is 3.74. The first-order chi connectivity index (χ1) is 7.75. The maximum absolute atomic E-state index is 12.7. The Morgan fingerprint density at radius 2 is 2.00 bits per heavy atom. The van der Waals surface area contributed by atoms with Crippen molar-refractivity contribution in [3.05, 3.63) is 58.0 Å². The maximum Gasteiger partial charge on any atom is 0.123 e. The monoisotopic (exact) mass is 235 g/mol. The van der Waals surface area contributed by atoms with Gasteiger partial charge in [-0.3, -0.25) is 0 Å². The van der Waals surface area contributed by atoms with Gasteiger partial charge in [0.25, 0.3) is 0 Å². The molecule has 84 valence electrons. The lowest BCUT2D eigenvalue weighted by molar-refractivity contribution is 0.575. The van der Waals surface area contributed by atoms with E-state index in [2.05, 4.69) is 23.7 Å². The Morgan fingerprint density at radius 1 is 1.25 bits per heavy atom. The molecule has 0 unspecified atom stereocenters. The number of thiophene rings is 1. The van der Waals surface area contributed by atoms with Crippen LogP contribution in [0, 0.1) is 5.82 Å². The molecule has 0 amide bonds. The molecule has 1 aromatic heterocycles. The van der Waals surface area contributed by atoms with Crippen molar-refractivity contribution in [3.63, 3.8) is 0 Å². The summed E-state index contributed by atoms with van der Waals surface area (Å²) in [6.45, 7) is 2.94. The second-order valence-corrected chi connectivity index (χ2v) is 4.77. The van der Waals surface area contributed by atoms with Crippen LogP contribution in [0.1, 0.15) is 23.4 Å². The summed E-state index contributed by atoms with van der Waals surface area (Å²) in [6, 6.07) is 11.0. The average Bonchev–Trinajstić information content (AvgIpc) is 2.80. The molecule has 0 fully saturated rings. The molecule has 16 heavy (non-hydrogen) atoms. The van der Waals surface area contributed by atoms with Gasteiger partial charge < -0.3 is 5.32 Å². The van der Waals surface area contributed by atoms with Gasteiger partial charge in [-0.2, -0.15) is 0 Å². The Hall–Kier alpha value is -1.19. The topological polar surface area (TPSA) is 12.0 Å². The zero-order valence-electron chi connectivity index (χ0n) is 9.11. The van der Waals surface area contributed by atoms with Crippen molar-refractivity contribution in [3.8, 4) is 0 Å². The molecular weight excluding hydrogens is 221 g/mol. The quantitative estimate of drug-likeness (QED) is 0.851. The van der Waals surface area contributed by atoms with Crippen LogP contribution in [0.3, 0.4) is 0 Å². The number of halogens is 1. The second kappa shape index (κ2) is 5.23. The summed E-state index contributed by atoms with van der Waals surface area (Å²) >= 11 is 1.74. The Bertz CT molecular complexity index is 422. The first kappa shape index (κ1) is 11.3. The third-order valence-electron chi connectivity index (χ3n) is 2.53. The second-order valence-electron chi connectivity index (χ2n) is 3.73. The minimum Gasteiger partial charge on any atom is -0.305 e. The fraction of sp³-hybridized carbons (Fsp3) is 0.231. The van der Waals surface area contributed by atoms with Gasteiger partial charge in [-0.1, -0.05) is 18.2 Å². The fourth-order valence-electron chi connectivity index (χ4n) is 1.54. The van der Waals surface area contributed by atoms with Crippen LogP contribution >= 0.6 is 11.3 Å². The molecule has 0 spiro atoms. The Morgan fingerprint density at radius 3 is 2.62 bits per heavy atom. The van der Waals surface area contributed by atoms with Crippen molar-refractivity contribution in [1.29, 1.82) is 0 Å². The van der Waals surface area contributed by atoms with Crippen molar-refractivity contribution in [2.45, 2.75) is 19.5 Å². The van der Waals surface area contributed by atoms with E-state index in [1.807, 2.05) is 18.2 Å². The Labute approximate surface area is 98.9 Å². The molecule has 1 atom stereocenters. The van der Waals surface area contributed by atoms with Crippen LogP contribution in [-0.2, 0) is 6.54 Å². The lowest BCUT2D eigenvalue weighted by Crippen LogP contribution is -2.17. The highest BCUT2D eigenvalue weighted by Gasteiger charge is 2.04. The molecule has 2 rings (SSSR count). The van der Waals surface area contributed by atoms with E-state index in [1.54, 1.807) is 11.3 Å². The summed E-state index contributed by atoms with van der Waals surface area (Å²) in [4.78, 5) is 1.31. The van der Waals surface area contributed by atoms with E-state index in [0.717, 1.165) is 12.1 Å². The van der Waals surface area contributed by atoms with E-state index >= 15 is 0 Å². The van der Waals surface area contributed by atoms with Gasteiger partial charge in [0.05, 0.1) is 0 Å². The summed E-state index contributed by atoms with van der Waals surface area (Å²) < 4.78 is 12.7. The van der Waals surface area contributed by atoms with E-state index in [1.165, 1.54) is 17.0 Å². The minimum atomic E-state index is -0.186. The molecule has 0 aliphatic rings. The fourth-order valence-corrected chi connectivity index (χ4v) is 2.19. The first-order valence-corrected chi connectivity index (χ1v) is 6.15. The third kappa shape index (κ3) is 2.90. The normalized spacial score (nSPS) is 12.6. The van der Waals surface area contributed by atoms with Crippen molar-refractivity contribution in [2.75, 3.05) is 0 Å². The summed E-state index contributed by atoms with van der Waals surface area (Å²) in [5.74, 6) is -0.186. The van der Waals surface area contributed by atoms with Crippen LogP contribution < -0.4 is 5.32 Å². The van der Waals surface area contributed by atoms with Crippen LogP contribution in [-0.4, -0.2) is 0 Å². The van der Waals surface area contributed by atoms with Gasteiger partial charge in [0.15, 0.2) is 0 Å². The number of benzene rings is 1. The molecule has 0 bridgehead atoms. The van der Waals surface area contributed by atoms with Gasteiger partial charge in [-0.15, -0.1) is 11.3 Å². The summed E-state index contributed by atoms with van der Waals surface area (Å²) in [6.07, 6.45) is 0. The molecule has 3 heteroatoms. The SMILES string of the molecule is C[C@H](NCc1cccs1)c1ccc(F)cc1. The number of hydrogen-bond acceptors (Lipinski definition) is 2. The molecule has 0 radical (unpaired) electrons. The van der Waals surface area contributed by atoms with Gasteiger partial charge in [0.1, 0.15) is 5.82 Å². The number of rotatable bonds is 4. The summed E-state index contributed by atoms with van der Waals surface area (Å²) in [5, 5.41) is 5.48. The molecule has 0 aliphatic carbocycles. The van der Waals surface area contributed by atoms with Gasteiger partial charge in [-0.05, 0) is 36.1 Å². The first-order valence-electron chi connectivity index (χ1n) is 5.27. The molecule has 0 saturated heterocycles. The molecule has 1 aromatic carbocycles. The summed E-state index contributed by atoms with van der Waals surface area (Å²) in [5.41, 5.74) is 1.11. The predicted molar refractivity (Wildman–Crippen MR) is 66.0 cm³/mol. The number of hydrogen-bond donors (Lipinski definition) is 1. The van der Waals surface area contributed by atoms with Crippen LogP contribution in [0.4, 0.5) is 4.39 Å². The molecule has 1 heterocycles. The largest absolute Gasteiger partial charge is 0.305 e. The third-order valence-corrected chi connectivity index (χ3v) is 3.41. The summed E-state index contributed by atoms with van der Waals surface area (Å²) in [7, 11) is 0. The van der Waals surface area contributed by atoms with E-state index in [0.29, 0.717) is 0 Å². The van der Waals surface area contributed by atoms with Crippen LogP contribution in [0.2, 0.25) is 0 Å². The average molecular weight is 235 g/mol. The standard InChI is InChI=1S/C13H14FNS/c1-10(11-4-6-12(14)7-5-11)15-9-13-3-2-8-16-13/h2-8,10,15H,9H2,1H3/t10-/m0/s1. The maximum atomic E-state index is 12.7. The Balaban J connectivity index is 1.93. The van der Waals surface area contributed by atoms with E-state index in [9.17, 15) is 4.39 Å². The van der Waals surface area contributed by atoms with Gasteiger partial charge >= 0.3 is 0 Å². The molecule has 2 aromatic rings. The molecule has 0 saturated carbocycles. The highest BCUT2D eigenvalue weighted by atomic mass is 32.1. The van der Waals surface area contributed by atoms with Crippen molar-refractivity contribution in [2.24, 2.45) is 0 Å². The highest BCUT2D eigenvalue weighted by Crippen LogP contribution is 2.15. The van der Waals surface area contributed by atoms with Gasteiger partial charge in [-0.25, -0.2) is 4.39 Å².